The van der Waals surface area contributed by atoms with Crippen LogP contribution in [0.5, 0.6) is 0 Å². The second-order valence-corrected chi connectivity index (χ2v) is 8.51. The van der Waals surface area contributed by atoms with Gasteiger partial charge in [-0.2, -0.15) is 5.10 Å². The van der Waals surface area contributed by atoms with Crippen molar-refractivity contribution in [2.24, 2.45) is 13.0 Å². The van der Waals surface area contributed by atoms with Crippen LogP contribution in [0.15, 0.2) is 10.7 Å². The maximum atomic E-state index is 12.9. The Hall–Kier alpha value is -2.19. The molecule has 0 saturated carbocycles. The lowest BCUT2D eigenvalue weighted by molar-refractivity contribution is -0.132. The van der Waals surface area contributed by atoms with E-state index < -0.39 is 0 Å². The van der Waals surface area contributed by atoms with Crippen molar-refractivity contribution in [2.45, 2.75) is 53.9 Å². The molecule has 0 aliphatic carbocycles. The fraction of sp³-hybridized carbons (Fsp3) is 0.667. The van der Waals surface area contributed by atoms with E-state index in [0.717, 1.165) is 34.8 Å². The summed E-state index contributed by atoms with van der Waals surface area (Å²) in [4.78, 5) is 17.0. The van der Waals surface area contributed by atoms with E-state index in [2.05, 4.69) is 29.0 Å². The van der Waals surface area contributed by atoms with Crippen LogP contribution in [-0.4, -0.2) is 62.9 Å². The van der Waals surface area contributed by atoms with Crippen LogP contribution in [0.3, 0.4) is 0 Å². The Morgan fingerprint density at radius 1 is 1.24 bits per heavy atom. The fourth-order valence-electron chi connectivity index (χ4n) is 3.85. The van der Waals surface area contributed by atoms with Crippen LogP contribution in [0.25, 0.3) is 0 Å². The summed E-state index contributed by atoms with van der Waals surface area (Å²) in [7, 11) is 1.92. The molecule has 8 nitrogen and oxygen atoms in total. The summed E-state index contributed by atoms with van der Waals surface area (Å²) >= 11 is 0. The molecule has 0 aromatic carbocycles. The van der Waals surface area contributed by atoms with E-state index in [-0.39, 0.29) is 12.0 Å². The van der Waals surface area contributed by atoms with Crippen molar-refractivity contribution in [1.29, 1.82) is 0 Å². The van der Waals surface area contributed by atoms with Gasteiger partial charge in [0.25, 0.3) is 0 Å². The Morgan fingerprint density at radius 2 is 2.00 bits per heavy atom. The Labute approximate surface area is 172 Å². The molecule has 29 heavy (non-hydrogen) atoms. The predicted molar refractivity (Wildman–Crippen MR) is 109 cm³/mol. The van der Waals surface area contributed by atoms with Crippen LogP contribution in [-0.2, 0) is 29.7 Å². The summed E-state index contributed by atoms with van der Waals surface area (Å²) in [6, 6.07) is 0. The minimum atomic E-state index is -0.0779. The molecule has 160 valence electrons. The first-order chi connectivity index (χ1) is 13.7. The molecule has 1 aliphatic heterocycles. The third-order valence-electron chi connectivity index (χ3n) is 5.34. The van der Waals surface area contributed by atoms with E-state index >= 15 is 0 Å². The summed E-state index contributed by atoms with van der Waals surface area (Å²) in [6.45, 7) is 13.7. The molecule has 1 amide bonds. The Balaban J connectivity index is 1.74. The molecule has 0 radical (unpaired) electrons. The average molecular weight is 404 g/mol. The molecular formula is C21H33N5O3. The average Bonchev–Trinajstić information content (AvgIpc) is 3.06. The topological polar surface area (TPSA) is 76.6 Å². The van der Waals surface area contributed by atoms with Crippen molar-refractivity contribution in [3.05, 3.63) is 34.5 Å². The number of carbonyl (C=O) groups is 1. The van der Waals surface area contributed by atoms with Crippen molar-refractivity contribution in [2.75, 3.05) is 26.2 Å². The SMILES string of the molecule is Cc1nn(C)cc1CN1CC(=O)N(CC(C)C)C[C@@H](OCc2c(C)noc2C)C1. The van der Waals surface area contributed by atoms with Crippen LogP contribution in [0.2, 0.25) is 0 Å². The van der Waals surface area contributed by atoms with Crippen LogP contribution < -0.4 is 0 Å². The molecule has 2 aromatic rings. The van der Waals surface area contributed by atoms with E-state index in [1.54, 1.807) is 0 Å². The van der Waals surface area contributed by atoms with E-state index in [9.17, 15) is 4.79 Å². The molecule has 1 fully saturated rings. The Bertz CT molecular complexity index is 822. The normalized spacial score (nSPS) is 18.7. The van der Waals surface area contributed by atoms with Gasteiger partial charge in [-0.1, -0.05) is 19.0 Å². The van der Waals surface area contributed by atoms with Crippen LogP contribution >= 0.6 is 0 Å². The molecule has 1 atom stereocenters. The second kappa shape index (κ2) is 9.09. The van der Waals surface area contributed by atoms with Gasteiger partial charge in [0.1, 0.15) is 5.76 Å². The monoisotopic (exact) mass is 403 g/mol. The fourth-order valence-corrected chi connectivity index (χ4v) is 3.85. The van der Waals surface area contributed by atoms with Crippen molar-refractivity contribution in [3.63, 3.8) is 0 Å². The molecular weight excluding hydrogens is 370 g/mol. The van der Waals surface area contributed by atoms with Gasteiger partial charge in [0, 0.05) is 50.6 Å². The minimum Gasteiger partial charge on any atom is -0.370 e. The molecule has 3 rings (SSSR count). The van der Waals surface area contributed by atoms with Crippen LogP contribution in [0.4, 0.5) is 0 Å². The maximum absolute atomic E-state index is 12.9. The number of amides is 1. The number of hydrogen-bond donors (Lipinski definition) is 0. The third-order valence-corrected chi connectivity index (χ3v) is 5.34. The number of ether oxygens (including phenoxy) is 1. The first kappa shape index (κ1) is 21.5. The van der Waals surface area contributed by atoms with Crippen LogP contribution in [0, 0.1) is 26.7 Å². The molecule has 0 N–H and O–H groups in total. The maximum Gasteiger partial charge on any atom is 0.236 e. The van der Waals surface area contributed by atoms with Gasteiger partial charge in [-0.15, -0.1) is 0 Å². The van der Waals surface area contributed by atoms with Crippen molar-refractivity contribution >= 4 is 5.91 Å². The van der Waals surface area contributed by atoms with Crippen molar-refractivity contribution < 1.29 is 14.1 Å². The Morgan fingerprint density at radius 3 is 2.59 bits per heavy atom. The molecule has 0 spiro atoms. The highest BCUT2D eigenvalue weighted by Gasteiger charge is 2.29. The highest BCUT2D eigenvalue weighted by atomic mass is 16.5. The molecule has 0 unspecified atom stereocenters. The van der Waals surface area contributed by atoms with E-state index in [4.69, 9.17) is 9.26 Å². The zero-order chi connectivity index (χ0) is 21.1. The van der Waals surface area contributed by atoms with Crippen molar-refractivity contribution in [1.82, 2.24) is 24.7 Å². The first-order valence-electron chi connectivity index (χ1n) is 10.3. The lowest BCUT2D eigenvalue weighted by Crippen LogP contribution is -2.40. The lowest BCUT2D eigenvalue weighted by Gasteiger charge is -2.26. The number of aryl methyl sites for hydroxylation is 4. The van der Waals surface area contributed by atoms with Gasteiger partial charge in [-0.25, -0.2) is 0 Å². The van der Waals surface area contributed by atoms with Gasteiger partial charge < -0.3 is 14.2 Å². The summed E-state index contributed by atoms with van der Waals surface area (Å²) in [6.07, 6.45) is 1.95. The number of nitrogens with zero attached hydrogens (tertiary/aromatic N) is 5. The predicted octanol–water partition coefficient (Wildman–Crippen LogP) is 2.22. The quantitative estimate of drug-likeness (QED) is 0.706. The van der Waals surface area contributed by atoms with Gasteiger partial charge in [0.05, 0.1) is 30.6 Å². The number of rotatable bonds is 7. The summed E-state index contributed by atoms with van der Waals surface area (Å²) in [5.41, 5.74) is 3.98. The van der Waals surface area contributed by atoms with Gasteiger partial charge in [0.2, 0.25) is 5.91 Å². The summed E-state index contributed by atoms with van der Waals surface area (Å²) < 4.78 is 13.3. The zero-order valence-corrected chi connectivity index (χ0v) is 18.4. The van der Waals surface area contributed by atoms with Crippen LogP contribution in [0.1, 0.15) is 42.1 Å². The molecule has 2 aromatic heterocycles. The van der Waals surface area contributed by atoms with E-state index in [1.165, 1.54) is 0 Å². The largest absolute Gasteiger partial charge is 0.370 e. The van der Waals surface area contributed by atoms with Gasteiger partial charge in [-0.05, 0) is 26.7 Å². The van der Waals surface area contributed by atoms with E-state index in [0.29, 0.717) is 38.7 Å². The van der Waals surface area contributed by atoms with Crippen molar-refractivity contribution in [3.8, 4) is 0 Å². The molecule has 8 heteroatoms. The summed E-state index contributed by atoms with van der Waals surface area (Å²) in [5, 5.41) is 8.44. The highest BCUT2D eigenvalue weighted by Crippen LogP contribution is 2.18. The highest BCUT2D eigenvalue weighted by molar-refractivity contribution is 5.78. The molecule has 1 saturated heterocycles. The zero-order valence-electron chi connectivity index (χ0n) is 18.4. The number of carbonyl (C=O) groups excluding carboxylic acids is 1. The summed E-state index contributed by atoms with van der Waals surface area (Å²) in [5.74, 6) is 1.35. The molecule has 0 bridgehead atoms. The minimum absolute atomic E-state index is 0.0779. The number of hydrogen-bond acceptors (Lipinski definition) is 6. The third kappa shape index (κ3) is 5.45. The lowest BCUT2D eigenvalue weighted by atomic mass is 10.2. The number of aromatic nitrogens is 3. The molecule has 1 aliphatic rings. The molecule has 3 heterocycles. The van der Waals surface area contributed by atoms with Gasteiger partial charge in [0.15, 0.2) is 0 Å². The smallest absolute Gasteiger partial charge is 0.236 e. The Kier molecular flexibility index (Phi) is 6.74. The first-order valence-corrected chi connectivity index (χ1v) is 10.3. The van der Waals surface area contributed by atoms with Gasteiger partial charge >= 0.3 is 0 Å². The standard InChI is InChI=1S/C21H33N5O3/c1-14(2)7-26-11-19(28-13-20-16(4)23-29-17(20)5)10-25(12-21(26)27)9-18-8-24(6)22-15(18)3/h8,14,19H,7,9-13H2,1-6H3/t19-/m0/s1. The van der Waals surface area contributed by atoms with E-state index in [1.807, 2.05) is 43.6 Å². The second-order valence-electron chi connectivity index (χ2n) is 8.51. The van der Waals surface area contributed by atoms with Gasteiger partial charge in [-0.3, -0.25) is 14.4 Å².